The van der Waals surface area contributed by atoms with Gasteiger partial charge in [-0.2, -0.15) is 0 Å². The van der Waals surface area contributed by atoms with Crippen LogP contribution in [-0.2, 0) is 13.2 Å². The van der Waals surface area contributed by atoms with Crippen molar-refractivity contribution in [2.24, 2.45) is 0 Å². The zero-order chi connectivity index (χ0) is 18.6. The maximum absolute atomic E-state index is 12.2. The number of furan rings is 1. The number of hydrogen-bond donors (Lipinski definition) is 1. The molecule has 1 amide bonds. The van der Waals surface area contributed by atoms with Crippen molar-refractivity contribution in [3.05, 3.63) is 77.8 Å². The first-order valence-electron chi connectivity index (χ1n) is 8.44. The third-order valence-electron chi connectivity index (χ3n) is 4.02. The van der Waals surface area contributed by atoms with Crippen molar-refractivity contribution in [2.45, 2.75) is 20.1 Å². The third kappa shape index (κ3) is 3.82. The van der Waals surface area contributed by atoms with Gasteiger partial charge in [0.2, 0.25) is 0 Å². The number of ether oxygens (including phenoxy) is 1. The Morgan fingerprint density at radius 3 is 2.96 bits per heavy atom. The second-order valence-corrected chi connectivity index (χ2v) is 6.02. The van der Waals surface area contributed by atoms with Crippen LogP contribution in [0.1, 0.15) is 27.8 Å². The first-order valence-corrected chi connectivity index (χ1v) is 8.44. The van der Waals surface area contributed by atoms with Gasteiger partial charge in [-0.25, -0.2) is 0 Å². The molecule has 0 fully saturated rings. The molecule has 0 unspecified atom stereocenters. The van der Waals surface area contributed by atoms with Gasteiger partial charge in [0, 0.05) is 29.2 Å². The predicted molar refractivity (Wildman–Crippen MR) is 97.2 cm³/mol. The number of aromatic nitrogens is 2. The minimum absolute atomic E-state index is 0.166. The number of carbonyl (C=O) groups excluding carboxylic acids is 1. The molecule has 4 aromatic rings. The lowest BCUT2D eigenvalue weighted by Gasteiger charge is -2.07. The summed E-state index contributed by atoms with van der Waals surface area (Å²) < 4.78 is 16.4. The van der Waals surface area contributed by atoms with E-state index in [9.17, 15) is 4.79 Å². The van der Waals surface area contributed by atoms with E-state index in [0.29, 0.717) is 17.3 Å². The molecule has 0 aliphatic heterocycles. The van der Waals surface area contributed by atoms with Gasteiger partial charge in [-0.3, -0.25) is 9.78 Å². The Hall–Kier alpha value is -3.61. The van der Waals surface area contributed by atoms with Crippen molar-refractivity contribution < 1.29 is 18.5 Å². The Labute approximate surface area is 154 Å². The van der Waals surface area contributed by atoms with Crippen LogP contribution in [0.5, 0.6) is 5.75 Å². The van der Waals surface area contributed by atoms with E-state index in [1.165, 1.54) is 0 Å². The van der Waals surface area contributed by atoms with Crippen molar-refractivity contribution in [1.82, 2.24) is 15.5 Å². The first kappa shape index (κ1) is 16.8. The monoisotopic (exact) mass is 363 g/mol. The van der Waals surface area contributed by atoms with Crippen LogP contribution in [0.15, 0.2) is 63.8 Å². The Balaban J connectivity index is 1.38. The minimum atomic E-state index is -0.338. The van der Waals surface area contributed by atoms with Gasteiger partial charge in [0.15, 0.2) is 11.5 Å². The van der Waals surface area contributed by atoms with Gasteiger partial charge in [0.25, 0.3) is 5.91 Å². The number of aryl methyl sites for hydroxylation is 1. The molecule has 1 N–H and O–H groups in total. The third-order valence-corrected chi connectivity index (χ3v) is 4.02. The molecule has 27 heavy (non-hydrogen) atoms. The van der Waals surface area contributed by atoms with Crippen LogP contribution in [0.3, 0.4) is 0 Å². The van der Waals surface area contributed by atoms with Gasteiger partial charge in [-0.15, -0.1) is 0 Å². The molecule has 0 saturated carbocycles. The second-order valence-electron chi connectivity index (χ2n) is 6.02. The van der Waals surface area contributed by atoms with Crippen LogP contribution in [0.2, 0.25) is 0 Å². The average molecular weight is 363 g/mol. The number of rotatable bonds is 6. The Morgan fingerprint density at radius 2 is 2.11 bits per heavy atom. The van der Waals surface area contributed by atoms with E-state index >= 15 is 0 Å². The summed E-state index contributed by atoms with van der Waals surface area (Å²) in [7, 11) is 0. The lowest BCUT2D eigenvalue weighted by Crippen LogP contribution is -2.22. The molecule has 7 heteroatoms. The van der Waals surface area contributed by atoms with Gasteiger partial charge in [0.1, 0.15) is 23.9 Å². The molecule has 136 valence electrons. The fourth-order valence-electron chi connectivity index (χ4n) is 2.69. The number of pyridine rings is 1. The minimum Gasteiger partial charge on any atom is -0.485 e. The summed E-state index contributed by atoms with van der Waals surface area (Å²) in [6, 6.07) is 12.8. The van der Waals surface area contributed by atoms with E-state index < -0.39 is 0 Å². The summed E-state index contributed by atoms with van der Waals surface area (Å²) in [6.07, 6.45) is 3.49. The van der Waals surface area contributed by atoms with Gasteiger partial charge in [-0.05, 0) is 31.2 Å². The maximum Gasteiger partial charge on any atom is 0.273 e. The van der Waals surface area contributed by atoms with Gasteiger partial charge < -0.3 is 19.0 Å². The number of benzene rings is 1. The summed E-state index contributed by atoms with van der Waals surface area (Å²) in [6.45, 7) is 2.30. The fraction of sp³-hybridized carbons (Fsp3) is 0.150. The topological polar surface area (TPSA) is 90.4 Å². The molecular weight excluding hydrogens is 346 g/mol. The van der Waals surface area contributed by atoms with Gasteiger partial charge >= 0.3 is 0 Å². The molecule has 1 aromatic carbocycles. The summed E-state index contributed by atoms with van der Waals surface area (Å²) in [4.78, 5) is 16.3. The van der Waals surface area contributed by atoms with E-state index in [-0.39, 0.29) is 24.8 Å². The normalized spacial score (nSPS) is 10.9. The highest BCUT2D eigenvalue weighted by Gasteiger charge is 2.14. The van der Waals surface area contributed by atoms with Crippen LogP contribution < -0.4 is 10.1 Å². The first-order chi connectivity index (χ1) is 13.2. The van der Waals surface area contributed by atoms with E-state index in [1.54, 1.807) is 18.5 Å². The zero-order valence-corrected chi connectivity index (χ0v) is 14.6. The van der Waals surface area contributed by atoms with E-state index in [1.807, 2.05) is 43.3 Å². The van der Waals surface area contributed by atoms with Crippen LogP contribution in [-0.4, -0.2) is 16.0 Å². The highest BCUT2D eigenvalue weighted by atomic mass is 16.5. The Bertz CT molecular complexity index is 1080. The molecular formula is C20H17N3O4. The highest BCUT2D eigenvalue weighted by molar-refractivity contribution is 5.92. The molecule has 4 rings (SSSR count). The Morgan fingerprint density at radius 1 is 1.19 bits per heavy atom. The van der Waals surface area contributed by atoms with Gasteiger partial charge in [0.05, 0.1) is 6.54 Å². The molecule has 0 radical (unpaired) electrons. The van der Waals surface area contributed by atoms with Crippen molar-refractivity contribution in [1.29, 1.82) is 0 Å². The molecule has 3 heterocycles. The second kappa shape index (κ2) is 7.33. The summed E-state index contributed by atoms with van der Waals surface area (Å²) in [5.41, 5.74) is 0.194. The van der Waals surface area contributed by atoms with Crippen LogP contribution in [0.25, 0.3) is 10.8 Å². The molecule has 3 aromatic heterocycles. The number of amides is 1. The lowest BCUT2D eigenvalue weighted by atomic mass is 10.1. The number of nitrogens with one attached hydrogen (secondary N) is 1. The molecule has 0 atom stereocenters. The number of nitrogens with zero attached hydrogens (tertiary/aromatic N) is 2. The summed E-state index contributed by atoms with van der Waals surface area (Å²) in [5.74, 6) is 2.31. The highest BCUT2D eigenvalue weighted by Crippen LogP contribution is 2.25. The largest absolute Gasteiger partial charge is 0.485 e. The number of hydrogen-bond acceptors (Lipinski definition) is 6. The van der Waals surface area contributed by atoms with Crippen LogP contribution >= 0.6 is 0 Å². The van der Waals surface area contributed by atoms with Crippen molar-refractivity contribution in [3.8, 4) is 5.75 Å². The van der Waals surface area contributed by atoms with E-state index in [2.05, 4.69) is 15.5 Å². The van der Waals surface area contributed by atoms with E-state index in [4.69, 9.17) is 13.7 Å². The van der Waals surface area contributed by atoms with Crippen molar-refractivity contribution >= 4 is 16.7 Å². The molecule has 7 nitrogen and oxygen atoms in total. The number of carbonyl (C=O) groups is 1. The summed E-state index contributed by atoms with van der Waals surface area (Å²) >= 11 is 0. The quantitative estimate of drug-likeness (QED) is 0.562. The molecule has 0 bridgehead atoms. The smallest absolute Gasteiger partial charge is 0.273 e. The molecule has 0 saturated heterocycles. The van der Waals surface area contributed by atoms with Crippen LogP contribution in [0.4, 0.5) is 0 Å². The lowest BCUT2D eigenvalue weighted by molar-refractivity contribution is 0.0938. The molecule has 0 aliphatic carbocycles. The SMILES string of the molecule is Cc1ccc(CNC(=O)c2cc(COc3cccc4cnccc34)on2)o1. The Kier molecular flexibility index (Phi) is 4.57. The van der Waals surface area contributed by atoms with Crippen LogP contribution in [0, 0.1) is 6.92 Å². The average Bonchev–Trinajstić information content (AvgIpc) is 3.33. The number of fused-ring (bicyclic) bond motifs is 1. The van der Waals surface area contributed by atoms with Crippen molar-refractivity contribution in [2.75, 3.05) is 0 Å². The predicted octanol–water partition coefficient (Wildman–Crippen LogP) is 3.63. The zero-order valence-electron chi connectivity index (χ0n) is 14.6. The van der Waals surface area contributed by atoms with Crippen molar-refractivity contribution in [3.63, 3.8) is 0 Å². The van der Waals surface area contributed by atoms with E-state index in [0.717, 1.165) is 16.5 Å². The maximum atomic E-state index is 12.2. The molecule has 0 spiro atoms. The van der Waals surface area contributed by atoms with Gasteiger partial charge in [-0.1, -0.05) is 17.3 Å². The fourth-order valence-corrected chi connectivity index (χ4v) is 2.69. The standard InChI is InChI=1S/C20H17N3O4/c1-13-5-6-15(26-13)11-22-20(24)18-9-16(27-23-18)12-25-19-4-2-3-14-10-21-8-7-17(14)19/h2-10H,11-12H2,1H3,(H,22,24). The summed E-state index contributed by atoms with van der Waals surface area (Å²) in [5, 5.41) is 8.48. The molecule has 0 aliphatic rings.